The van der Waals surface area contributed by atoms with E-state index in [0.29, 0.717) is 19.4 Å². The first-order valence-corrected chi connectivity index (χ1v) is 7.16. The summed E-state index contributed by atoms with van der Waals surface area (Å²) in [6, 6.07) is 6.22. The molecular formula is C15H18BrNO2. The van der Waals surface area contributed by atoms with Crippen molar-refractivity contribution < 1.29 is 9.90 Å². The van der Waals surface area contributed by atoms with Crippen LogP contribution in [0.25, 0.3) is 0 Å². The van der Waals surface area contributed by atoms with Crippen LogP contribution >= 0.6 is 15.9 Å². The van der Waals surface area contributed by atoms with Gasteiger partial charge in [-0.3, -0.25) is 4.79 Å². The number of amides is 1. The molecule has 1 saturated carbocycles. The zero-order valence-electron chi connectivity index (χ0n) is 11.0. The lowest BCUT2D eigenvalue weighted by Crippen LogP contribution is -2.48. The number of halogens is 1. The first-order valence-electron chi connectivity index (χ1n) is 6.37. The predicted molar refractivity (Wildman–Crippen MR) is 78.7 cm³/mol. The molecule has 0 aromatic heterocycles. The van der Waals surface area contributed by atoms with Gasteiger partial charge in [-0.2, -0.15) is 0 Å². The van der Waals surface area contributed by atoms with Gasteiger partial charge in [0.05, 0.1) is 6.10 Å². The van der Waals surface area contributed by atoms with Gasteiger partial charge >= 0.3 is 0 Å². The lowest BCUT2D eigenvalue weighted by molar-refractivity contribution is -0.133. The van der Waals surface area contributed by atoms with Crippen molar-refractivity contribution in [1.29, 1.82) is 0 Å². The SMILES string of the molecule is C=CC(=O)N(Cc1ccc(C)c(Br)c1)C1CC(O)C1. The lowest BCUT2D eigenvalue weighted by Gasteiger charge is -2.40. The molecule has 0 atom stereocenters. The molecule has 1 amide bonds. The highest BCUT2D eigenvalue weighted by Crippen LogP contribution is 2.28. The van der Waals surface area contributed by atoms with Gasteiger partial charge in [0, 0.05) is 17.1 Å². The maximum Gasteiger partial charge on any atom is 0.246 e. The molecule has 1 aliphatic rings. The average Bonchev–Trinajstić information content (AvgIpc) is 2.36. The lowest BCUT2D eigenvalue weighted by atomic mass is 9.87. The molecule has 0 aliphatic heterocycles. The van der Waals surface area contributed by atoms with Crippen molar-refractivity contribution in [2.75, 3.05) is 0 Å². The van der Waals surface area contributed by atoms with Crippen LogP contribution in [0.2, 0.25) is 0 Å². The van der Waals surface area contributed by atoms with Crippen molar-refractivity contribution in [1.82, 2.24) is 4.90 Å². The highest BCUT2D eigenvalue weighted by molar-refractivity contribution is 9.10. The Kier molecular flexibility index (Phi) is 4.42. The quantitative estimate of drug-likeness (QED) is 0.865. The second-order valence-corrected chi connectivity index (χ2v) is 5.89. The summed E-state index contributed by atoms with van der Waals surface area (Å²) in [5.41, 5.74) is 2.25. The molecule has 1 aromatic rings. The van der Waals surface area contributed by atoms with Crippen molar-refractivity contribution in [2.45, 2.75) is 38.5 Å². The number of benzene rings is 1. The summed E-state index contributed by atoms with van der Waals surface area (Å²) in [6.45, 7) is 6.14. The van der Waals surface area contributed by atoms with E-state index >= 15 is 0 Å². The first-order chi connectivity index (χ1) is 9.01. The Morgan fingerprint density at radius 3 is 2.79 bits per heavy atom. The fraction of sp³-hybridized carbons (Fsp3) is 0.400. The number of carbonyl (C=O) groups is 1. The Morgan fingerprint density at radius 1 is 1.58 bits per heavy atom. The van der Waals surface area contributed by atoms with Crippen molar-refractivity contribution in [3.8, 4) is 0 Å². The van der Waals surface area contributed by atoms with E-state index in [1.807, 2.05) is 25.1 Å². The summed E-state index contributed by atoms with van der Waals surface area (Å²) in [5.74, 6) is -0.0754. The third-order valence-corrected chi connectivity index (χ3v) is 4.43. The molecule has 4 heteroatoms. The fourth-order valence-corrected chi connectivity index (χ4v) is 2.68. The number of aliphatic hydroxyl groups excluding tert-OH is 1. The van der Waals surface area contributed by atoms with Crippen molar-refractivity contribution in [3.05, 3.63) is 46.5 Å². The molecule has 3 nitrogen and oxygen atoms in total. The normalized spacial score (nSPS) is 21.6. The van der Waals surface area contributed by atoms with Gasteiger partial charge in [0.2, 0.25) is 5.91 Å². The maximum atomic E-state index is 11.9. The zero-order valence-corrected chi connectivity index (χ0v) is 12.6. The fourth-order valence-electron chi connectivity index (χ4n) is 2.25. The smallest absolute Gasteiger partial charge is 0.246 e. The minimum atomic E-state index is -0.269. The van der Waals surface area contributed by atoms with Crippen LogP contribution in [0.1, 0.15) is 24.0 Å². The zero-order chi connectivity index (χ0) is 14.0. The summed E-state index contributed by atoms with van der Waals surface area (Å²) >= 11 is 3.50. The van der Waals surface area contributed by atoms with E-state index < -0.39 is 0 Å². The van der Waals surface area contributed by atoms with Crippen LogP contribution in [0.3, 0.4) is 0 Å². The second-order valence-electron chi connectivity index (χ2n) is 5.03. The van der Waals surface area contributed by atoms with E-state index in [1.54, 1.807) is 4.90 Å². The molecule has 0 spiro atoms. The summed E-state index contributed by atoms with van der Waals surface area (Å²) < 4.78 is 1.05. The highest BCUT2D eigenvalue weighted by Gasteiger charge is 2.34. The van der Waals surface area contributed by atoms with Crippen molar-refractivity contribution in [2.24, 2.45) is 0 Å². The molecular weight excluding hydrogens is 306 g/mol. The molecule has 102 valence electrons. The van der Waals surface area contributed by atoms with E-state index in [1.165, 1.54) is 11.6 Å². The molecule has 1 aliphatic carbocycles. The van der Waals surface area contributed by atoms with E-state index in [2.05, 4.69) is 22.5 Å². The second kappa shape index (κ2) is 5.88. The number of nitrogens with zero attached hydrogens (tertiary/aromatic N) is 1. The number of hydrogen-bond acceptors (Lipinski definition) is 2. The molecule has 1 fully saturated rings. The van der Waals surface area contributed by atoms with Gasteiger partial charge in [-0.15, -0.1) is 0 Å². The molecule has 0 unspecified atom stereocenters. The number of rotatable bonds is 4. The number of aliphatic hydroxyl groups is 1. The Hall–Kier alpha value is -1.13. The van der Waals surface area contributed by atoms with Crippen molar-refractivity contribution in [3.63, 3.8) is 0 Å². The largest absolute Gasteiger partial charge is 0.393 e. The Morgan fingerprint density at radius 2 is 2.26 bits per heavy atom. The Bertz CT molecular complexity index is 495. The van der Waals surface area contributed by atoms with Gasteiger partial charge in [0.25, 0.3) is 0 Å². The van der Waals surface area contributed by atoms with Gasteiger partial charge in [-0.25, -0.2) is 0 Å². The van der Waals surface area contributed by atoms with Crippen molar-refractivity contribution >= 4 is 21.8 Å². The summed E-state index contributed by atoms with van der Waals surface area (Å²) in [6.07, 6.45) is 2.39. The highest BCUT2D eigenvalue weighted by atomic mass is 79.9. The Balaban J connectivity index is 2.13. The van der Waals surface area contributed by atoms with Crippen LogP contribution in [0.4, 0.5) is 0 Å². The number of aryl methyl sites for hydroxylation is 1. The van der Waals surface area contributed by atoms with Crippen LogP contribution < -0.4 is 0 Å². The minimum absolute atomic E-state index is 0.0754. The maximum absolute atomic E-state index is 11.9. The number of carbonyl (C=O) groups excluding carboxylic acids is 1. The van der Waals surface area contributed by atoms with Gasteiger partial charge in [-0.05, 0) is 43.0 Å². The summed E-state index contributed by atoms with van der Waals surface area (Å²) in [7, 11) is 0. The van der Waals surface area contributed by atoms with Gasteiger partial charge in [-0.1, -0.05) is 34.6 Å². The van der Waals surface area contributed by atoms with Gasteiger partial charge in [0.1, 0.15) is 0 Å². The Labute approximate surface area is 122 Å². The summed E-state index contributed by atoms with van der Waals surface area (Å²) in [5, 5.41) is 9.40. The van der Waals surface area contributed by atoms with Crippen LogP contribution in [0.5, 0.6) is 0 Å². The van der Waals surface area contributed by atoms with Crippen LogP contribution in [0.15, 0.2) is 35.3 Å². The average molecular weight is 324 g/mol. The molecule has 0 heterocycles. The van der Waals surface area contributed by atoms with Gasteiger partial charge < -0.3 is 10.0 Å². The molecule has 2 rings (SSSR count). The standard InChI is InChI=1S/C15H18BrNO2/c1-3-15(19)17(12-7-13(18)8-12)9-11-5-4-10(2)14(16)6-11/h3-6,12-13,18H,1,7-9H2,2H3. The first kappa shape index (κ1) is 14.3. The summed E-state index contributed by atoms with van der Waals surface area (Å²) in [4.78, 5) is 13.7. The molecule has 19 heavy (non-hydrogen) atoms. The molecule has 1 aromatic carbocycles. The molecule has 0 radical (unpaired) electrons. The van der Waals surface area contributed by atoms with E-state index in [9.17, 15) is 9.90 Å². The third-order valence-electron chi connectivity index (χ3n) is 3.58. The predicted octanol–water partition coefficient (Wildman–Crippen LogP) is 2.80. The molecule has 0 saturated heterocycles. The van der Waals surface area contributed by atoms with E-state index in [0.717, 1.165) is 10.0 Å². The van der Waals surface area contributed by atoms with Crippen LogP contribution in [0, 0.1) is 6.92 Å². The molecule has 1 N–H and O–H groups in total. The number of hydrogen-bond donors (Lipinski definition) is 1. The topological polar surface area (TPSA) is 40.5 Å². The van der Waals surface area contributed by atoms with Gasteiger partial charge in [0.15, 0.2) is 0 Å². The minimum Gasteiger partial charge on any atom is -0.393 e. The van der Waals surface area contributed by atoms with E-state index in [4.69, 9.17) is 0 Å². The monoisotopic (exact) mass is 323 g/mol. The third kappa shape index (κ3) is 3.25. The molecule has 0 bridgehead atoms. The van der Waals surface area contributed by atoms with Crippen LogP contribution in [-0.4, -0.2) is 28.1 Å². The van der Waals surface area contributed by atoms with Crippen LogP contribution in [-0.2, 0) is 11.3 Å². The van der Waals surface area contributed by atoms with E-state index in [-0.39, 0.29) is 18.1 Å².